The van der Waals surface area contributed by atoms with Crippen LogP contribution in [0.2, 0.25) is 0 Å². The van der Waals surface area contributed by atoms with Crippen LogP contribution >= 0.6 is 0 Å². The first-order valence-corrected chi connectivity index (χ1v) is 9.53. The number of hydrogen-bond acceptors (Lipinski definition) is 4. The Morgan fingerprint density at radius 3 is 2.56 bits per heavy atom. The van der Waals surface area contributed by atoms with Crippen molar-refractivity contribution in [3.8, 4) is 0 Å². The van der Waals surface area contributed by atoms with Gasteiger partial charge in [0.05, 0.1) is 4.90 Å². The number of pyridine rings is 1. The van der Waals surface area contributed by atoms with Crippen molar-refractivity contribution in [2.45, 2.75) is 38.3 Å². The van der Waals surface area contributed by atoms with E-state index in [2.05, 4.69) is 15.0 Å². The second-order valence-corrected chi connectivity index (χ2v) is 7.95. The summed E-state index contributed by atoms with van der Waals surface area (Å²) in [5, 5.41) is 2.76. The van der Waals surface area contributed by atoms with Gasteiger partial charge in [-0.3, -0.25) is 9.78 Å². The van der Waals surface area contributed by atoms with Gasteiger partial charge in [-0.05, 0) is 42.2 Å². The van der Waals surface area contributed by atoms with Crippen LogP contribution in [0, 0.1) is 12.8 Å². The number of aromatic nitrogens is 1. The van der Waals surface area contributed by atoms with Crippen molar-refractivity contribution < 1.29 is 13.2 Å². The van der Waals surface area contributed by atoms with Crippen LogP contribution in [-0.4, -0.2) is 25.4 Å². The molecule has 0 aliphatic carbocycles. The van der Waals surface area contributed by atoms with Crippen molar-refractivity contribution in [3.63, 3.8) is 0 Å². The lowest BCUT2D eigenvalue weighted by atomic mass is 10.0. The first-order chi connectivity index (χ1) is 11.8. The van der Waals surface area contributed by atoms with Crippen molar-refractivity contribution in [2.75, 3.05) is 0 Å². The Labute approximate surface area is 148 Å². The first-order valence-electron chi connectivity index (χ1n) is 8.05. The summed E-state index contributed by atoms with van der Waals surface area (Å²) >= 11 is 0. The molecule has 25 heavy (non-hydrogen) atoms. The predicted octanol–water partition coefficient (Wildman–Crippen LogP) is 2.01. The summed E-state index contributed by atoms with van der Waals surface area (Å²) in [6.45, 7) is 5.71. The van der Waals surface area contributed by atoms with Gasteiger partial charge in [0.15, 0.2) is 0 Å². The summed E-state index contributed by atoms with van der Waals surface area (Å²) in [6, 6.07) is 9.35. The zero-order valence-corrected chi connectivity index (χ0v) is 15.4. The first kappa shape index (κ1) is 19.1. The highest BCUT2D eigenvalue weighted by atomic mass is 32.2. The number of benzene rings is 1. The fourth-order valence-electron chi connectivity index (χ4n) is 2.31. The summed E-state index contributed by atoms with van der Waals surface area (Å²) in [7, 11) is -3.78. The van der Waals surface area contributed by atoms with Crippen LogP contribution in [0.5, 0.6) is 0 Å². The van der Waals surface area contributed by atoms with Crippen LogP contribution in [0.15, 0.2) is 53.7 Å². The molecule has 134 valence electrons. The molecule has 0 aliphatic rings. The maximum Gasteiger partial charge on any atom is 0.241 e. The lowest BCUT2D eigenvalue weighted by Crippen LogP contribution is -2.49. The zero-order valence-electron chi connectivity index (χ0n) is 14.6. The van der Waals surface area contributed by atoms with Crippen LogP contribution < -0.4 is 10.0 Å². The zero-order chi connectivity index (χ0) is 18.4. The molecule has 1 atom stereocenters. The monoisotopic (exact) mass is 361 g/mol. The molecule has 2 rings (SSSR count). The van der Waals surface area contributed by atoms with E-state index in [4.69, 9.17) is 0 Å². The molecule has 1 aromatic carbocycles. The summed E-state index contributed by atoms with van der Waals surface area (Å²) in [5.41, 5.74) is 1.69. The summed E-state index contributed by atoms with van der Waals surface area (Å²) in [4.78, 5) is 16.6. The number of carbonyl (C=O) groups is 1. The lowest BCUT2D eigenvalue weighted by molar-refractivity contribution is -0.123. The van der Waals surface area contributed by atoms with Gasteiger partial charge < -0.3 is 5.32 Å². The standard InChI is InChI=1S/C18H23N3O3S/c1-13(2)17(18(22)20-12-15-7-5-9-19-11-15)21-25(23,24)16-8-4-6-14(3)10-16/h4-11,13,17,21H,12H2,1-3H3,(H,20,22)/t17-/m0/s1. The van der Waals surface area contributed by atoms with Gasteiger partial charge in [0.2, 0.25) is 15.9 Å². The van der Waals surface area contributed by atoms with E-state index in [-0.39, 0.29) is 16.7 Å². The molecule has 0 radical (unpaired) electrons. The van der Waals surface area contributed by atoms with E-state index in [1.807, 2.05) is 19.1 Å². The Morgan fingerprint density at radius 1 is 1.20 bits per heavy atom. The van der Waals surface area contributed by atoms with Crippen LogP contribution in [0.4, 0.5) is 0 Å². The van der Waals surface area contributed by atoms with Gasteiger partial charge in [-0.25, -0.2) is 8.42 Å². The second-order valence-electron chi connectivity index (χ2n) is 6.24. The molecule has 0 bridgehead atoms. The number of carbonyl (C=O) groups excluding carboxylic acids is 1. The molecular weight excluding hydrogens is 338 g/mol. The van der Waals surface area contributed by atoms with E-state index in [1.165, 1.54) is 6.07 Å². The Balaban J connectivity index is 2.10. The van der Waals surface area contributed by atoms with Gasteiger partial charge in [0.1, 0.15) is 6.04 Å². The minimum Gasteiger partial charge on any atom is -0.351 e. The van der Waals surface area contributed by atoms with Crippen molar-refractivity contribution in [1.82, 2.24) is 15.0 Å². The average Bonchev–Trinajstić information content (AvgIpc) is 2.58. The number of nitrogens with zero attached hydrogens (tertiary/aromatic N) is 1. The van der Waals surface area contributed by atoms with Crippen molar-refractivity contribution in [1.29, 1.82) is 0 Å². The third-order valence-corrected chi connectivity index (χ3v) is 5.16. The molecule has 7 heteroatoms. The van der Waals surface area contributed by atoms with Crippen molar-refractivity contribution >= 4 is 15.9 Å². The molecule has 6 nitrogen and oxygen atoms in total. The average molecular weight is 361 g/mol. The molecule has 1 aromatic heterocycles. The maximum absolute atomic E-state index is 12.6. The number of sulfonamides is 1. The summed E-state index contributed by atoms with van der Waals surface area (Å²) in [5.74, 6) is -0.566. The topological polar surface area (TPSA) is 88.2 Å². The van der Waals surface area contributed by atoms with Gasteiger partial charge in [-0.1, -0.05) is 32.0 Å². The fraction of sp³-hybridized carbons (Fsp3) is 0.333. The smallest absolute Gasteiger partial charge is 0.241 e. The molecule has 2 aromatic rings. The van der Waals surface area contributed by atoms with Crippen LogP contribution in [0.25, 0.3) is 0 Å². The minimum atomic E-state index is -3.78. The van der Waals surface area contributed by atoms with Crippen molar-refractivity contribution in [2.24, 2.45) is 5.92 Å². The maximum atomic E-state index is 12.6. The Morgan fingerprint density at radius 2 is 1.96 bits per heavy atom. The Hall–Kier alpha value is -2.25. The normalized spacial score (nSPS) is 12.8. The SMILES string of the molecule is Cc1cccc(S(=O)(=O)N[C@H](C(=O)NCc2cccnc2)C(C)C)c1. The number of hydrogen-bond donors (Lipinski definition) is 2. The van der Waals surface area contributed by atoms with Crippen LogP contribution in [-0.2, 0) is 21.4 Å². The molecule has 0 spiro atoms. The summed E-state index contributed by atoms with van der Waals surface area (Å²) in [6.07, 6.45) is 3.31. The van der Waals surface area contributed by atoms with Gasteiger partial charge in [0.25, 0.3) is 0 Å². The minimum absolute atomic E-state index is 0.151. The van der Waals surface area contributed by atoms with E-state index < -0.39 is 16.1 Å². The van der Waals surface area contributed by atoms with Gasteiger partial charge in [-0.15, -0.1) is 0 Å². The molecule has 1 amide bonds. The van der Waals surface area contributed by atoms with Crippen LogP contribution in [0.1, 0.15) is 25.0 Å². The Kier molecular flexibility index (Phi) is 6.27. The highest BCUT2D eigenvalue weighted by Gasteiger charge is 2.28. The number of rotatable bonds is 7. The molecular formula is C18H23N3O3S. The molecule has 0 saturated heterocycles. The number of amides is 1. The molecule has 1 heterocycles. The van der Waals surface area contributed by atoms with E-state index in [0.29, 0.717) is 6.54 Å². The fourth-order valence-corrected chi connectivity index (χ4v) is 3.76. The molecule has 0 saturated carbocycles. The quantitative estimate of drug-likeness (QED) is 0.790. The van der Waals surface area contributed by atoms with E-state index in [0.717, 1.165) is 11.1 Å². The Bertz CT molecular complexity index is 820. The van der Waals surface area contributed by atoms with E-state index in [9.17, 15) is 13.2 Å². The van der Waals surface area contributed by atoms with E-state index >= 15 is 0 Å². The molecule has 0 aliphatic heterocycles. The highest BCUT2D eigenvalue weighted by molar-refractivity contribution is 7.89. The van der Waals surface area contributed by atoms with Gasteiger partial charge in [-0.2, -0.15) is 4.72 Å². The molecule has 2 N–H and O–H groups in total. The highest BCUT2D eigenvalue weighted by Crippen LogP contribution is 2.13. The number of nitrogens with one attached hydrogen (secondary N) is 2. The van der Waals surface area contributed by atoms with E-state index in [1.54, 1.807) is 44.4 Å². The molecule has 0 unspecified atom stereocenters. The lowest BCUT2D eigenvalue weighted by Gasteiger charge is -2.21. The third kappa shape index (κ3) is 5.37. The summed E-state index contributed by atoms with van der Waals surface area (Å²) < 4.78 is 27.7. The largest absolute Gasteiger partial charge is 0.351 e. The second kappa shape index (κ2) is 8.22. The number of aryl methyl sites for hydroxylation is 1. The van der Waals surface area contributed by atoms with Crippen molar-refractivity contribution in [3.05, 3.63) is 59.9 Å². The van der Waals surface area contributed by atoms with Gasteiger partial charge >= 0.3 is 0 Å². The predicted molar refractivity (Wildman–Crippen MR) is 96.2 cm³/mol. The van der Waals surface area contributed by atoms with Crippen LogP contribution in [0.3, 0.4) is 0 Å². The molecule has 0 fully saturated rings. The van der Waals surface area contributed by atoms with Gasteiger partial charge in [0, 0.05) is 18.9 Å². The third-order valence-electron chi connectivity index (χ3n) is 3.72.